The summed E-state index contributed by atoms with van der Waals surface area (Å²) in [6.07, 6.45) is 31.3. The molecule has 2 atom stereocenters. The standard InChI is InChI=1S/C28H54O/c1-5-9-11-13-15-17-19-21-23-25-27(7-3)29-28(8-4)26-24-22-20-18-16-14-12-10-6-2/h7-8,27-28H,3-6,9-26H2,1-2H3. The van der Waals surface area contributed by atoms with Gasteiger partial charge in [0, 0.05) is 0 Å². The molecular weight excluding hydrogens is 352 g/mol. The van der Waals surface area contributed by atoms with Crippen LogP contribution in [-0.2, 0) is 4.74 Å². The zero-order chi connectivity index (χ0) is 21.4. The summed E-state index contributed by atoms with van der Waals surface area (Å²) < 4.78 is 6.26. The van der Waals surface area contributed by atoms with E-state index in [0.29, 0.717) is 0 Å². The van der Waals surface area contributed by atoms with Gasteiger partial charge in [-0.25, -0.2) is 0 Å². The molecule has 1 heteroatoms. The van der Waals surface area contributed by atoms with Crippen molar-refractivity contribution in [1.29, 1.82) is 0 Å². The van der Waals surface area contributed by atoms with Crippen LogP contribution in [0, 0.1) is 0 Å². The third-order valence-electron chi connectivity index (χ3n) is 6.06. The van der Waals surface area contributed by atoms with E-state index < -0.39 is 0 Å². The van der Waals surface area contributed by atoms with Crippen LogP contribution in [0.1, 0.15) is 142 Å². The second-order valence-corrected chi connectivity index (χ2v) is 8.92. The Bertz CT molecular complexity index is 303. The lowest BCUT2D eigenvalue weighted by Gasteiger charge is -2.20. The maximum Gasteiger partial charge on any atom is 0.0761 e. The molecule has 0 fully saturated rings. The molecule has 0 radical (unpaired) electrons. The third kappa shape index (κ3) is 20.5. The highest BCUT2D eigenvalue weighted by Crippen LogP contribution is 2.17. The normalized spacial score (nSPS) is 13.3. The number of unbranched alkanes of at least 4 members (excludes halogenated alkanes) is 16. The molecule has 29 heavy (non-hydrogen) atoms. The van der Waals surface area contributed by atoms with Crippen molar-refractivity contribution in [3.63, 3.8) is 0 Å². The largest absolute Gasteiger partial charge is 0.367 e. The van der Waals surface area contributed by atoms with Gasteiger partial charge in [-0.15, -0.1) is 13.2 Å². The van der Waals surface area contributed by atoms with Gasteiger partial charge in [0.25, 0.3) is 0 Å². The molecule has 0 saturated carbocycles. The second kappa shape index (κ2) is 23.7. The molecule has 0 amide bonds. The van der Waals surface area contributed by atoms with E-state index in [2.05, 4.69) is 27.0 Å². The van der Waals surface area contributed by atoms with Gasteiger partial charge in [0.05, 0.1) is 12.2 Å². The fourth-order valence-corrected chi connectivity index (χ4v) is 4.02. The van der Waals surface area contributed by atoms with E-state index in [1.54, 1.807) is 0 Å². The molecule has 0 aromatic carbocycles. The fraction of sp³-hybridized carbons (Fsp3) is 0.857. The van der Waals surface area contributed by atoms with Crippen LogP contribution in [0.25, 0.3) is 0 Å². The Morgan fingerprint density at radius 3 is 1.03 bits per heavy atom. The van der Waals surface area contributed by atoms with Gasteiger partial charge in [-0.2, -0.15) is 0 Å². The molecule has 0 aliphatic carbocycles. The van der Waals surface area contributed by atoms with Crippen LogP contribution in [0.3, 0.4) is 0 Å². The summed E-state index contributed by atoms with van der Waals surface area (Å²) in [6.45, 7) is 12.6. The Kier molecular flexibility index (Phi) is 23.3. The second-order valence-electron chi connectivity index (χ2n) is 8.92. The van der Waals surface area contributed by atoms with Crippen molar-refractivity contribution in [3.8, 4) is 0 Å². The minimum absolute atomic E-state index is 0.195. The molecule has 172 valence electrons. The Hall–Kier alpha value is -0.560. The summed E-state index contributed by atoms with van der Waals surface area (Å²) in [5.74, 6) is 0. The first kappa shape index (κ1) is 28.4. The highest BCUT2D eigenvalue weighted by atomic mass is 16.5. The third-order valence-corrected chi connectivity index (χ3v) is 6.06. The van der Waals surface area contributed by atoms with Crippen molar-refractivity contribution < 1.29 is 4.74 Å². The monoisotopic (exact) mass is 406 g/mol. The number of rotatable bonds is 24. The van der Waals surface area contributed by atoms with E-state index in [9.17, 15) is 0 Å². The van der Waals surface area contributed by atoms with Crippen LogP contribution in [0.5, 0.6) is 0 Å². The molecule has 0 aromatic rings. The van der Waals surface area contributed by atoms with Crippen molar-refractivity contribution in [3.05, 3.63) is 25.3 Å². The topological polar surface area (TPSA) is 9.23 Å². The molecule has 0 aliphatic rings. The van der Waals surface area contributed by atoms with Gasteiger partial charge in [0.15, 0.2) is 0 Å². The van der Waals surface area contributed by atoms with Gasteiger partial charge in [0.1, 0.15) is 0 Å². The zero-order valence-corrected chi connectivity index (χ0v) is 20.3. The molecule has 0 heterocycles. The lowest BCUT2D eigenvalue weighted by molar-refractivity contribution is 0.0299. The van der Waals surface area contributed by atoms with Crippen LogP contribution in [-0.4, -0.2) is 12.2 Å². The average molecular weight is 407 g/mol. The number of hydrogen-bond donors (Lipinski definition) is 0. The Morgan fingerprint density at radius 1 is 0.483 bits per heavy atom. The molecule has 0 saturated heterocycles. The van der Waals surface area contributed by atoms with Gasteiger partial charge in [-0.1, -0.05) is 142 Å². The van der Waals surface area contributed by atoms with E-state index >= 15 is 0 Å². The van der Waals surface area contributed by atoms with Gasteiger partial charge < -0.3 is 4.74 Å². The zero-order valence-electron chi connectivity index (χ0n) is 20.3. The maximum atomic E-state index is 6.26. The highest BCUT2D eigenvalue weighted by molar-refractivity contribution is 4.86. The Balaban J connectivity index is 3.64. The van der Waals surface area contributed by atoms with Gasteiger partial charge >= 0.3 is 0 Å². The molecular formula is C28H54O. The first-order chi connectivity index (χ1) is 14.3. The van der Waals surface area contributed by atoms with Crippen LogP contribution < -0.4 is 0 Å². The lowest BCUT2D eigenvalue weighted by Crippen LogP contribution is -2.19. The Labute approximate surface area is 184 Å². The first-order valence-corrected chi connectivity index (χ1v) is 13.2. The van der Waals surface area contributed by atoms with Crippen LogP contribution in [0.15, 0.2) is 25.3 Å². The highest BCUT2D eigenvalue weighted by Gasteiger charge is 2.11. The summed E-state index contributed by atoms with van der Waals surface area (Å²) >= 11 is 0. The Morgan fingerprint density at radius 2 is 0.759 bits per heavy atom. The van der Waals surface area contributed by atoms with Gasteiger partial charge in [-0.3, -0.25) is 0 Å². The van der Waals surface area contributed by atoms with Crippen LogP contribution >= 0.6 is 0 Å². The lowest BCUT2D eigenvalue weighted by atomic mass is 10.0. The van der Waals surface area contributed by atoms with Crippen LogP contribution in [0.2, 0.25) is 0 Å². The summed E-state index contributed by atoms with van der Waals surface area (Å²) in [7, 11) is 0. The molecule has 0 rings (SSSR count). The average Bonchev–Trinajstić information content (AvgIpc) is 2.74. The van der Waals surface area contributed by atoms with E-state index in [1.807, 2.05) is 12.2 Å². The maximum absolute atomic E-state index is 6.26. The summed E-state index contributed by atoms with van der Waals surface area (Å²) in [4.78, 5) is 0. The smallest absolute Gasteiger partial charge is 0.0761 e. The fourth-order valence-electron chi connectivity index (χ4n) is 4.02. The molecule has 0 spiro atoms. The van der Waals surface area contributed by atoms with Crippen molar-refractivity contribution in [2.24, 2.45) is 0 Å². The molecule has 0 bridgehead atoms. The molecule has 0 aromatic heterocycles. The number of ether oxygens (including phenoxy) is 1. The quantitative estimate of drug-likeness (QED) is 0.114. The van der Waals surface area contributed by atoms with Gasteiger partial charge in [-0.05, 0) is 12.8 Å². The SMILES string of the molecule is C=CC(CCCCCCCCCCC)OC(C=C)CCCCCCCCCCC. The van der Waals surface area contributed by atoms with Crippen molar-refractivity contribution >= 4 is 0 Å². The summed E-state index contributed by atoms with van der Waals surface area (Å²) in [5.41, 5.74) is 0. The van der Waals surface area contributed by atoms with E-state index in [0.717, 1.165) is 12.8 Å². The predicted molar refractivity (Wildman–Crippen MR) is 133 cm³/mol. The molecule has 1 nitrogen and oxygen atoms in total. The minimum atomic E-state index is 0.195. The molecule has 0 N–H and O–H groups in total. The van der Waals surface area contributed by atoms with Gasteiger partial charge in [0.2, 0.25) is 0 Å². The van der Waals surface area contributed by atoms with E-state index in [1.165, 1.54) is 116 Å². The first-order valence-electron chi connectivity index (χ1n) is 13.2. The van der Waals surface area contributed by atoms with E-state index in [4.69, 9.17) is 4.74 Å². The minimum Gasteiger partial charge on any atom is -0.367 e. The van der Waals surface area contributed by atoms with Crippen molar-refractivity contribution in [2.45, 2.75) is 154 Å². The molecule has 0 aliphatic heterocycles. The van der Waals surface area contributed by atoms with Crippen LogP contribution in [0.4, 0.5) is 0 Å². The molecule has 2 unspecified atom stereocenters. The van der Waals surface area contributed by atoms with Crippen molar-refractivity contribution in [2.75, 3.05) is 0 Å². The van der Waals surface area contributed by atoms with Crippen molar-refractivity contribution in [1.82, 2.24) is 0 Å². The summed E-state index contributed by atoms with van der Waals surface area (Å²) in [6, 6.07) is 0. The number of hydrogen-bond acceptors (Lipinski definition) is 1. The summed E-state index contributed by atoms with van der Waals surface area (Å²) in [5, 5.41) is 0. The van der Waals surface area contributed by atoms with E-state index in [-0.39, 0.29) is 12.2 Å². The predicted octanol–water partition coefficient (Wildman–Crippen LogP) is 9.95.